The zero-order valence-electron chi connectivity index (χ0n) is 9.83. The standard InChI is InChI=1S/C10H13BrN2O5/c1-5-6(9(15)7(14)3-11)4-12-10(18-2)8(5)13(16)17/h4,7,9,14-15H,3H2,1-2H3. The highest BCUT2D eigenvalue weighted by Gasteiger charge is 2.28. The van der Waals surface area contributed by atoms with Crippen LogP contribution in [0.25, 0.3) is 0 Å². The van der Waals surface area contributed by atoms with Crippen molar-refractivity contribution in [2.75, 3.05) is 12.4 Å². The van der Waals surface area contributed by atoms with E-state index in [-0.39, 0.29) is 28.0 Å². The molecular weight excluding hydrogens is 308 g/mol. The second-order valence-corrected chi connectivity index (χ2v) is 4.27. The Morgan fingerprint density at radius 3 is 2.67 bits per heavy atom. The third kappa shape index (κ3) is 2.77. The molecule has 0 bridgehead atoms. The summed E-state index contributed by atoms with van der Waals surface area (Å²) >= 11 is 3.02. The number of nitro groups is 1. The van der Waals surface area contributed by atoms with Gasteiger partial charge in [0.15, 0.2) is 0 Å². The first kappa shape index (κ1) is 14.8. The van der Waals surface area contributed by atoms with Crippen molar-refractivity contribution in [2.45, 2.75) is 19.1 Å². The highest BCUT2D eigenvalue weighted by molar-refractivity contribution is 9.09. The lowest BCUT2D eigenvalue weighted by Crippen LogP contribution is -2.21. The Bertz CT molecular complexity index is 454. The van der Waals surface area contributed by atoms with Crippen LogP contribution < -0.4 is 4.74 Å². The van der Waals surface area contributed by atoms with E-state index in [0.29, 0.717) is 0 Å². The van der Waals surface area contributed by atoms with Gasteiger partial charge in [-0.1, -0.05) is 15.9 Å². The number of halogens is 1. The van der Waals surface area contributed by atoms with E-state index in [0.717, 1.165) is 0 Å². The zero-order chi connectivity index (χ0) is 13.9. The quantitative estimate of drug-likeness (QED) is 0.478. The van der Waals surface area contributed by atoms with Crippen LogP contribution in [0.3, 0.4) is 0 Å². The molecule has 18 heavy (non-hydrogen) atoms. The maximum absolute atomic E-state index is 10.9. The van der Waals surface area contributed by atoms with Crippen molar-refractivity contribution in [1.82, 2.24) is 4.98 Å². The fraction of sp³-hybridized carbons (Fsp3) is 0.500. The third-order valence-corrected chi connectivity index (χ3v) is 3.19. The highest BCUT2D eigenvalue weighted by Crippen LogP contribution is 2.33. The van der Waals surface area contributed by atoms with Gasteiger partial charge in [-0.2, -0.15) is 0 Å². The van der Waals surface area contributed by atoms with Crippen molar-refractivity contribution in [1.29, 1.82) is 0 Å². The van der Waals surface area contributed by atoms with Gasteiger partial charge in [-0.05, 0) is 6.92 Å². The van der Waals surface area contributed by atoms with E-state index in [2.05, 4.69) is 20.9 Å². The number of aliphatic hydroxyl groups excluding tert-OH is 2. The average Bonchev–Trinajstić information content (AvgIpc) is 2.35. The molecule has 1 heterocycles. The molecule has 1 aromatic rings. The first-order valence-corrected chi connectivity index (χ1v) is 6.16. The van der Waals surface area contributed by atoms with Crippen molar-refractivity contribution >= 4 is 21.6 Å². The third-order valence-electron chi connectivity index (χ3n) is 2.53. The van der Waals surface area contributed by atoms with Crippen molar-refractivity contribution < 1.29 is 19.9 Å². The summed E-state index contributed by atoms with van der Waals surface area (Å²) in [5.41, 5.74) is 0.115. The molecule has 0 aliphatic heterocycles. The maximum atomic E-state index is 10.9. The van der Waals surface area contributed by atoms with Gasteiger partial charge in [-0.3, -0.25) is 10.1 Å². The molecule has 2 unspecified atom stereocenters. The van der Waals surface area contributed by atoms with Crippen LogP contribution in [-0.4, -0.2) is 38.7 Å². The van der Waals surface area contributed by atoms with Gasteiger partial charge in [-0.15, -0.1) is 0 Å². The van der Waals surface area contributed by atoms with Gasteiger partial charge in [0, 0.05) is 22.7 Å². The van der Waals surface area contributed by atoms with E-state index >= 15 is 0 Å². The molecule has 2 N–H and O–H groups in total. The minimum absolute atomic E-state index is 0.123. The van der Waals surface area contributed by atoms with Gasteiger partial charge < -0.3 is 14.9 Å². The number of hydrogen-bond donors (Lipinski definition) is 2. The molecule has 100 valence electrons. The predicted molar refractivity (Wildman–Crippen MR) is 66.9 cm³/mol. The van der Waals surface area contributed by atoms with E-state index in [9.17, 15) is 20.3 Å². The minimum Gasteiger partial charge on any atom is -0.476 e. The minimum atomic E-state index is -1.25. The van der Waals surface area contributed by atoms with Crippen LogP contribution in [0.15, 0.2) is 6.20 Å². The van der Waals surface area contributed by atoms with E-state index in [1.54, 1.807) is 0 Å². The van der Waals surface area contributed by atoms with Gasteiger partial charge in [0.05, 0.1) is 18.1 Å². The Labute approximate surface area is 112 Å². The first-order chi connectivity index (χ1) is 8.43. The Morgan fingerprint density at radius 1 is 1.61 bits per heavy atom. The summed E-state index contributed by atoms with van der Waals surface area (Å²) in [6.07, 6.45) is -1.06. The molecule has 0 saturated heterocycles. The number of aromatic nitrogens is 1. The predicted octanol–water partition coefficient (Wildman–Crippen LogP) is 1.10. The Balaban J connectivity index is 3.32. The van der Waals surface area contributed by atoms with E-state index < -0.39 is 17.1 Å². The van der Waals surface area contributed by atoms with Crippen LogP contribution in [0.2, 0.25) is 0 Å². The summed E-state index contributed by atoms with van der Waals surface area (Å²) in [6, 6.07) is 0. The SMILES string of the molecule is COc1ncc(C(O)C(O)CBr)c(C)c1[N+](=O)[O-]. The number of alkyl halides is 1. The number of methoxy groups -OCH3 is 1. The topological polar surface area (TPSA) is 106 Å². The number of hydrogen-bond acceptors (Lipinski definition) is 6. The molecule has 0 aromatic carbocycles. The van der Waals surface area contributed by atoms with Crippen LogP contribution in [0.1, 0.15) is 17.2 Å². The van der Waals surface area contributed by atoms with Crippen molar-refractivity contribution in [3.8, 4) is 5.88 Å². The zero-order valence-corrected chi connectivity index (χ0v) is 11.4. The Kier molecular flexibility index (Phi) is 5.00. The average molecular weight is 321 g/mol. The molecule has 0 amide bonds. The first-order valence-electron chi connectivity index (χ1n) is 5.04. The fourth-order valence-corrected chi connectivity index (χ4v) is 1.89. The second kappa shape index (κ2) is 6.07. The summed E-state index contributed by atoms with van der Waals surface area (Å²) in [4.78, 5) is 14.1. The summed E-state index contributed by atoms with van der Waals surface area (Å²) in [7, 11) is 1.28. The number of ether oxygens (including phenoxy) is 1. The molecule has 1 aromatic heterocycles. The van der Waals surface area contributed by atoms with E-state index in [1.165, 1.54) is 20.2 Å². The lowest BCUT2D eigenvalue weighted by molar-refractivity contribution is -0.386. The number of rotatable bonds is 5. The van der Waals surface area contributed by atoms with Crippen LogP contribution in [0.4, 0.5) is 5.69 Å². The molecule has 0 radical (unpaired) electrons. The molecule has 0 aliphatic carbocycles. The Hall–Kier alpha value is -1.25. The summed E-state index contributed by atoms with van der Waals surface area (Å²) in [6.45, 7) is 1.47. The van der Waals surface area contributed by atoms with Crippen LogP contribution in [0.5, 0.6) is 5.88 Å². The lowest BCUT2D eigenvalue weighted by Gasteiger charge is -2.17. The van der Waals surface area contributed by atoms with E-state index in [4.69, 9.17) is 4.74 Å². The van der Waals surface area contributed by atoms with E-state index in [1.807, 2.05) is 0 Å². The molecular formula is C10H13BrN2O5. The molecule has 7 nitrogen and oxygen atoms in total. The van der Waals surface area contributed by atoms with Crippen LogP contribution >= 0.6 is 15.9 Å². The summed E-state index contributed by atoms with van der Waals surface area (Å²) < 4.78 is 4.80. The van der Waals surface area contributed by atoms with Gasteiger partial charge in [-0.25, -0.2) is 4.98 Å². The lowest BCUT2D eigenvalue weighted by atomic mass is 10.0. The second-order valence-electron chi connectivity index (χ2n) is 3.62. The fourth-order valence-electron chi connectivity index (χ4n) is 1.54. The van der Waals surface area contributed by atoms with Gasteiger partial charge >= 0.3 is 5.69 Å². The van der Waals surface area contributed by atoms with Crippen LogP contribution in [-0.2, 0) is 0 Å². The normalized spacial score (nSPS) is 14.1. The molecule has 8 heteroatoms. The van der Waals surface area contributed by atoms with Gasteiger partial charge in [0.2, 0.25) is 0 Å². The summed E-state index contributed by atoms with van der Waals surface area (Å²) in [5, 5.41) is 30.5. The van der Waals surface area contributed by atoms with Gasteiger partial charge in [0.1, 0.15) is 6.10 Å². The van der Waals surface area contributed by atoms with Crippen LogP contribution in [0, 0.1) is 17.0 Å². The Morgan fingerprint density at radius 2 is 2.22 bits per heavy atom. The van der Waals surface area contributed by atoms with Crippen molar-refractivity contribution in [2.24, 2.45) is 0 Å². The number of aliphatic hydroxyl groups is 2. The smallest absolute Gasteiger partial charge is 0.334 e. The molecule has 2 atom stereocenters. The molecule has 0 saturated carbocycles. The number of pyridine rings is 1. The molecule has 1 rings (SSSR count). The highest BCUT2D eigenvalue weighted by atomic mass is 79.9. The maximum Gasteiger partial charge on any atom is 0.334 e. The molecule has 0 aliphatic rings. The molecule has 0 fully saturated rings. The summed E-state index contributed by atoms with van der Waals surface area (Å²) in [5.74, 6) is -0.123. The van der Waals surface area contributed by atoms with Crippen molar-refractivity contribution in [3.63, 3.8) is 0 Å². The largest absolute Gasteiger partial charge is 0.476 e. The monoisotopic (exact) mass is 320 g/mol. The molecule has 0 spiro atoms. The van der Waals surface area contributed by atoms with Crippen molar-refractivity contribution in [3.05, 3.63) is 27.4 Å². The van der Waals surface area contributed by atoms with Gasteiger partial charge in [0.25, 0.3) is 5.88 Å². The number of nitrogens with zero attached hydrogens (tertiary/aromatic N) is 2.